The molecule has 0 amide bonds. The summed E-state index contributed by atoms with van der Waals surface area (Å²) in [6, 6.07) is 7.13. The number of hydrogen-bond donors (Lipinski definition) is 1. The second-order valence-electron chi connectivity index (χ2n) is 4.18. The van der Waals surface area contributed by atoms with Crippen LogP contribution >= 0.6 is 0 Å². The van der Waals surface area contributed by atoms with Gasteiger partial charge in [-0.1, -0.05) is 19.1 Å². The van der Waals surface area contributed by atoms with Gasteiger partial charge in [-0.05, 0) is 19.1 Å². The molecule has 2 aromatic rings. The standard InChI is InChI=1S/C14H17N3O3/c1-3-12-16-11-8-6-5-7-10(11)14(19)17(12)15-9-13(18)20-4-2/h5-8,15H,3-4,9H2,1-2H3. The lowest BCUT2D eigenvalue weighted by atomic mass is 10.2. The van der Waals surface area contributed by atoms with Gasteiger partial charge in [-0.3, -0.25) is 9.59 Å². The summed E-state index contributed by atoms with van der Waals surface area (Å²) < 4.78 is 6.15. The van der Waals surface area contributed by atoms with Gasteiger partial charge in [0.15, 0.2) is 0 Å². The Hall–Kier alpha value is -2.37. The van der Waals surface area contributed by atoms with E-state index in [4.69, 9.17) is 4.74 Å². The van der Waals surface area contributed by atoms with E-state index in [-0.39, 0.29) is 12.1 Å². The Morgan fingerprint density at radius 2 is 2.10 bits per heavy atom. The Balaban J connectivity index is 2.38. The van der Waals surface area contributed by atoms with Gasteiger partial charge >= 0.3 is 5.97 Å². The van der Waals surface area contributed by atoms with Crippen molar-refractivity contribution in [3.63, 3.8) is 0 Å². The first-order valence-corrected chi connectivity index (χ1v) is 6.57. The molecule has 6 heteroatoms. The molecule has 2 rings (SSSR count). The summed E-state index contributed by atoms with van der Waals surface area (Å²) in [5.74, 6) is 0.174. The van der Waals surface area contributed by atoms with Gasteiger partial charge < -0.3 is 10.2 Å². The van der Waals surface area contributed by atoms with E-state index in [1.54, 1.807) is 25.1 Å². The van der Waals surface area contributed by atoms with Gasteiger partial charge in [-0.15, -0.1) is 0 Å². The molecule has 0 bridgehead atoms. The molecule has 20 heavy (non-hydrogen) atoms. The minimum Gasteiger partial charge on any atom is -0.465 e. The number of hydrogen-bond acceptors (Lipinski definition) is 5. The van der Waals surface area contributed by atoms with Crippen LogP contribution in [0.2, 0.25) is 0 Å². The van der Waals surface area contributed by atoms with E-state index in [0.29, 0.717) is 29.8 Å². The summed E-state index contributed by atoms with van der Waals surface area (Å²) in [5, 5.41) is 0.515. The molecule has 0 unspecified atom stereocenters. The fraction of sp³-hybridized carbons (Fsp3) is 0.357. The molecule has 1 heterocycles. The van der Waals surface area contributed by atoms with Gasteiger partial charge in [0.1, 0.15) is 12.4 Å². The summed E-state index contributed by atoms with van der Waals surface area (Å²) in [7, 11) is 0. The minimum absolute atomic E-state index is 0.0687. The number of para-hydroxylation sites is 1. The van der Waals surface area contributed by atoms with Crippen LogP contribution in [0, 0.1) is 0 Å². The zero-order valence-electron chi connectivity index (χ0n) is 11.5. The maximum atomic E-state index is 12.4. The lowest BCUT2D eigenvalue weighted by Crippen LogP contribution is -2.36. The Kier molecular flexibility index (Phi) is 4.34. The highest BCUT2D eigenvalue weighted by molar-refractivity contribution is 5.77. The number of carbonyl (C=O) groups is 1. The first-order chi connectivity index (χ1) is 9.67. The molecule has 1 aromatic carbocycles. The molecule has 1 aromatic heterocycles. The third-order valence-corrected chi connectivity index (χ3v) is 2.85. The molecular weight excluding hydrogens is 258 g/mol. The Morgan fingerprint density at radius 1 is 1.35 bits per heavy atom. The minimum atomic E-state index is -0.408. The number of rotatable bonds is 5. The predicted molar refractivity (Wildman–Crippen MR) is 76.2 cm³/mol. The van der Waals surface area contributed by atoms with Crippen LogP contribution in [0.15, 0.2) is 29.1 Å². The highest BCUT2D eigenvalue weighted by Gasteiger charge is 2.10. The second kappa shape index (κ2) is 6.18. The molecule has 0 aliphatic rings. The van der Waals surface area contributed by atoms with Crippen molar-refractivity contribution < 1.29 is 9.53 Å². The van der Waals surface area contributed by atoms with Crippen molar-refractivity contribution in [3.05, 3.63) is 40.4 Å². The number of ether oxygens (including phenoxy) is 1. The maximum Gasteiger partial charge on any atom is 0.326 e. The molecule has 0 fully saturated rings. The second-order valence-corrected chi connectivity index (χ2v) is 4.18. The number of carbonyl (C=O) groups excluding carboxylic acids is 1. The molecule has 0 radical (unpaired) electrons. The number of aromatic nitrogens is 2. The number of esters is 1. The summed E-state index contributed by atoms with van der Waals surface area (Å²) in [4.78, 5) is 28.2. The van der Waals surface area contributed by atoms with Crippen molar-refractivity contribution in [1.29, 1.82) is 0 Å². The third-order valence-electron chi connectivity index (χ3n) is 2.85. The van der Waals surface area contributed by atoms with Gasteiger partial charge in [-0.2, -0.15) is 0 Å². The average molecular weight is 275 g/mol. The van der Waals surface area contributed by atoms with Crippen LogP contribution in [-0.2, 0) is 16.0 Å². The molecule has 6 nitrogen and oxygen atoms in total. The first-order valence-electron chi connectivity index (χ1n) is 6.57. The lowest BCUT2D eigenvalue weighted by Gasteiger charge is -2.13. The highest BCUT2D eigenvalue weighted by atomic mass is 16.5. The molecule has 0 aliphatic heterocycles. The van der Waals surface area contributed by atoms with Crippen molar-refractivity contribution >= 4 is 16.9 Å². The van der Waals surface area contributed by atoms with Gasteiger partial charge in [0.2, 0.25) is 0 Å². The molecule has 0 saturated carbocycles. The summed E-state index contributed by atoms with van der Waals surface area (Å²) in [6.45, 7) is 3.88. The first kappa shape index (κ1) is 14.0. The van der Waals surface area contributed by atoms with E-state index in [9.17, 15) is 9.59 Å². The van der Waals surface area contributed by atoms with Crippen molar-refractivity contribution in [3.8, 4) is 0 Å². The smallest absolute Gasteiger partial charge is 0.326 e. The Labute approximate surface area is 116 Å². The summed E-state index contributed by atoms with van der Waals surface area (Å²) in [6.07, 6.45) is 0.579. The van der Waals surface area contributed by atoms with Gasteiger partial charge in [0.25, 0.3) is 5.56 Å². The van der Waals surface area contributed by atoms with E-state index >= 15 is 0 Å². The van der Waals surface area contributed by atoms with E-state index in [1.165, 1.54) is 4.68 Å². The van der Waals surface area contributed by atoms with Crippen molar-refractivity contribution in [1.82, 2.24) is 9.66 Å². The quantitative estimate of drug-likeness (QED) is 0.826. The van der Waals surface area contributed by atoms with E-state index in [1.807, 2.05) is 13.0 Å². The van der Waals surface area contributed by atoms with Gasteiger partial charge in [-0.25, -0.2) is 9.66 Å². The zero-order valence-corrected chi connectivity index (χ0v) is 11.5. The van der Waals surface area contributed by atoms with E-state index < -0.39 is 5.97 Å². The SMILES string of the molecule is CCOC(=O)CNn1c(CC)nc2ccccc2c1=O. The van der Waals surface area contributed by atoms with Crippen LogP contribution in [0.5, 0.6) is 0 Å². The Bertz CT molecular complexity index is 679. The van der Waals surface area contributed by atoms with Crippen LogP contribution in [0.4, 0.5) is 0 Å². The largest absolute Gasteiger partial charge is 0.465 e. The number of nitrogens with one attached hydrogen (secondary N) is 1. The fourth-order valence-electron chi connectivity index (χ4n) is 1.93. The lowest BCUT2D eigenvalue weighted by molar-refractivity contribution is -0.141. The fourth-order valence-corrected chi connectivity index (χ4v) is 1.93. The molecule has 0 atom stereocenters. The van der Waals surface area contributed by atoms with Gasteiger partial charge in [0, 0.05) is 6.42 Å². The number of fused-ring (bicyclic) bond motifs is 1. The van der Waals surface area contributed by atoms with Crippen LogP contribution in [0.25, 0.3) is 10.9 Å². The van der Waals surface area contributed by atoms with Crippen molar-refractivity contribution in [2.24, 2.45) is 0 Å². The summed E-state index contributed by atoms with van der Waals surface area (Å²) in [5.41, 5.74) is 3.22. The Morgan fingerprint density at radius 3 is 2.80 bits per heavy atom. The van der Waals surface area contributed by atoms with Crippen molar-refractivity contribution in [2.75, 3.05) is 18.6 Å². The van der Waals surface area contributed by atoms with E-state index in [0.717, 1.165) is 0 Å². The van der Waals surface area contributed by atoms with E-state index in [2.05, 4.69) is 10.4 Å². The van der Waals surface area contributed by atoms with Crippen LogP contribution in [-0.4, -0.2) is 28.8 Å². The molecular formula is C14H17N3O3. The molecule has 106 valence electrons. The predicted octanol–water partition coefficient (Wildman–Crippen LogP) is 1.07. The third kappa shape index (κ3) is 2.79. The summed E-state index contributed by atoms with van der Waals surface area (Å²) >= 11 is 0. The van der Waals surface area contributed by atoms with Crippen LogP contribution < -0.4 is 11.0 Å². The maximum absolute atomic E-state index is 12.4. The normalized spacial score (nSPS) is 10.5. The van der Waals surface area contributed by atoms with Crippen molar-refractivity contribution in [2.45, 2.75) is 20.3 Å². The average Bonchev–Trinajstić information content (AvgIpc) is 2.46. The molecule has 0 saturated heterocycles. The molecule has 0 spiro atoms. The number of nitrogens with zero attached hydrogens (tertiary/aromatic N) is 2. The highest BCUT2D eigenvalue weighted by Crippen LogP contribution is 2.07. The monoisotopic (exact) mass is 275 g/mol. The zero-order chi connectivity index (χ0) is 14.5. The van der Waals surface area contributed by atoms with Crippen LogP contribution in [0.3, 0.4) is 0 Å². The topological polar surface area (TPSA) is 73.2 Å². The molecule has 1 N–H and O–H groups in total. The molecule has 0 aliphatic carbocycles. The number of benzene rings is 1. The van der Waals surface area contributed by atoms with Crippen LogP contribution in [0.1, 0.15) is 19.7 Å². The van der Waals surface area contributed by atoms with Gasteiger partial charge in [0.05, 0.1) is 17.5 Å². The number of aryl methyl sites for hydroxylation is 1.